The molecule has 0 aromatic carbocycles. The average molecular weight is 231 g/mol. The maximum Gasteiger partial charge on any atom is 0.152 e. The summed E-state index contributed by atoms with van der Waals surface area (Å²) in [7, 11) is 4.12. The van der Waals surface area contributed by atoms with Gasteiger partial charge in [0.1, 0.15) is 5.65 Å². The quantitative estimate of drug-likeness (QED) is 0.736. The SMILES string of the molecule is CN(C)CCCn1cc(C=O)c2cccnc21. The third kappa shape index (κ3) is 2.53. The molecule has 0 atom stereocenters. The molecule has 0 aliphatic rings. The number of pyridine rings is 1. The lowest BCUT2D eigenvalue weighted by Gasteiger charge is -2.09. The number of hydrogen-bond donors (Lipinski definition) is 0. The normalized spacial score (nSPS) is 11.2. The molecule has 2 aromatic heterocycles. The Hall–Kier alpha value is -1.68. The first-order valence-corrected chi connectivity index (χ1v) is 5.76. The molecular weight excluding hydrogens is 214 g/mol. The fourth-order valence-electron chi connectivity index (χ4n) is 1.97. The highest BCUT2D eigenvalue weighted by atomic mass is 16.1. The van der Waals surface area contributed by atoms with Gasteiger partial charge in [0.15, 0.2) is 6.29 Å². The molecule has 0 radical (unpaired) electrons. The van der Waals surface area contributed by atoms with Crippen molar-refractivity contribution in [2.45, 2.75) is 13.0 Å². The van der Waals surface area contributed by atoms with Crippen molar-refractivity contribution in [1.29, 1.82) is 0 Å². The van der Waals surface area contributed by atoms with E-state index in [1.54, 1.807) is 6.20 Å². The second-order valence-corrected chi connectivity index (χ2v) is 4.43. The summed E-state index contributed by atoms with van der Waals surface area (Å²) in [6.45, 7) is 1.92. The summed E-state index contributed by atoms with van der Waals surface area (Å²) >= 11 is 0. The molecule has 0 bridgehead atoms. The van der Waals surface area contributed by atoms with Crippen LogP contribution in [-0.2, 0) is 6.54 Å². The Morgan fingerprint density at radius 2 is 2.29 bits per heavy atom. The predicted molar refractivity (Wildman–Crippen MR) is 68.3 cm³/mol. The molecule has 2 heterocycles. The smallest absolute Gasteiger partial charge is 0.152 e. The number of hydrogen-bond acceptors (Lipinski definition) is 3. The summed E-state index contributed by atoms with van der Waals surface area (Å²) in [4.78, 5) is 17.5. The van der Waals surface area contributed by atoms with Crippen LogP contribution >= 0.6 is 0 Å². The molecule has 0 fully saturated rings. The number of rotatable bonds is 5. The molecule has 4 nitrogen and oxygen atoms in total. The summed E-state index contributed by atoms with van der Waals surface area (Å²) < 4.78 is 2.06. The van der Waals surface area contributed by atoms with Crippen LogP contribution in [0, 0.1) is 0 Å². The molecule has 0 amide bonds. The zero-order valence-electron chi connectivity index (χ0n) is 10.3. The molecule has 0 aliphatic carbocycles. The van der Waals surface area contributed by atoms with Crippen LogP contribution in [0.2, 0.25) is 0 Å². The first kappa shape index (κ1) is 11.8. The van der Waals surface area contributed by atoms with Crippen LogP contribution < -0.4 is 0 Å². The van der Waals surface area contributed by atoms with Crippen molar-refractivity contribution >= 4 is 17.3 Å². The Morgan fingerprint density at radius 3 is 3.00 bits per heavy atom. The highest BCUT2D eigenvalue weighted by Gasteiger charge is 2.07. The first-order chi connectivity index (χ1) is 8.22. The van der Waals surface area contributed by atoms with Gasteiger partial charge in [0.2, 0.25) is 0 Å². The van der Waals surface area contributed by atoms with Gasteiger partial charge in [0.05, 0.1) is 0 Å². The van der Waals surface area contributed by atoms with Crippen LogP contribution in [0.25, 0.3) is 11.0 Å². The zero-order chi connectivity index (χ0) is 12.3. The van der Waals surface area contributed by atoms with Gasteiger partial charge in [-0.25, -0.2) is 4.98 Å². The number of fused-ring (bicyclic) bond motifs is 1. The van der Waals surface area contributed by atoms with Crippen molar-refractivity contribution in [3.8, 4) is 0 Å². The highest BCUT2D eigenvalue weighted by molar-refractivity contribution is 5.95. The minimum Gasteiger partial charge on any atom is -0.332 e. The second-order valence-electron chi connectivity index (χ2n) is 4.43. The molecular formula is C13H17N3O. The molecule has 4 heteroatoms. The molecule has 90 valence electrons. The van der Waals surface area contributed by atoms with E-state index in [9.17, 15) is 4.79 Å². The summed E-state index contributed by atoms with van der Waals surface area (Å²) in [6.07, 6.45) is 5.60. The van der Waals surface area contributed by atoms with E-state index in [0.29, 0.717) is 0 Å². The summed E-state index contributed by atoms with van der Waals surface area (Å²) in [5.41, 5.74) is 1.62. The molecule has 2 aromatic rings. The van der Waals surface area contributed by atoms with E-state index < -0.39 is 0 Å². The third-order valence-electron chi connectivity index (χ3n) is 2.80. The Labute approximate surface area is 101 Å². The lowest BCUT2D eigenvalue weighted by atomic mass is 10.2. The fraction of sp³-hybridized carbons (Fsp3) is 0.385. The number of carbonyl (C=O) groups excluding carboxylic acids is 1. The van der Waals surface area contributed by atoms with Crippen LogP contribution in [0.4, 0.5) is 0 Å². The Morgan fingerprint density at radius 1 is 1.47 bits per heavy atom. The van der Waals surface area contributed by atoms with Gasteiger partial charge in [-0.1, -0.05) is 0 Å². The van der Waals surface area contributed by atoms with E-state index in [-0.39, 0.29) is 0 Å². The van der Waals surface area contributed by atoms with E-state index in [0.717, 1.165) is 42.4 Å². The molecule has 0 unspecified atom stereocenters. The number of aromatic nitrogens is 2. The summed E-state index contributed by atoms with van der Waals surface area (Å²) in [5, 5.41) is 0.937. The molecule has 0 saturated heterocycles. The first-order valence-electron chi connectivity index (χ1n) is 5.76. The van der Waals surface area contributed by atoms with Crippen LogP contribution in [0.1, 0.15) is 16.8 Å². The van der Waals surface area contributed by atoms with E-state index in [2.05, 4.69) is 28.5 Å². The molecule has 17 heavy (non-hydrogen) atoms. The van der Waals surface area contributed by atoms with E-state index in [1.165, 1.54) is 0 Å². The lowest BCUT2D eigenvalue weighted by Crippen LogP contribution is -2.14. The summed E-state index contributed by atoms with van der Waals surface area (Å²) in [5.74, 6) is 0. The van der Waals surface area contributed by atoms with Crippen LogP contribution in [0.3, 0.4) is 0 Å². The molecule has 2 rings (SSSR count). The van der Waals surface area contributed by atoms with Gasteiger partial charge >= 0.3 is 0 Å². The van der Waals surface area contributed by atoms with Crippen molar-refractivity contribution in [1.82, 2.24) is 14.5 Å². The van der Waals surface area contributed by atoms with Gasteiger partial charge in [-0.15, -0.1) is 0 Å². The van der Waals surface area contributed by atoms with Gasteiger partial charge < -0.3 is 9.47 Å². The molecule has 0 saturated carbocycles. The van der Waals surface area contributed by atoms with E-state index in [1.807, 2.05) is 18.3 Å². The van der Waals surface area contributed by atoms with Crippen molar-refractivity contribution in [2.24, 2.45) is 0 Å². The van der Waals surface area contributed by atoms with Gasteiger partial charge in [-0.3, -0.25) is 4.79 Å². The minimum absolute atomic E-state index is 0.720. The van der Waals surface area contributed by atoms with Gasteiger partial charge in [0, 0.05) is 29.9 Å². The van der Waals surface area contributed by atoms with Crippen molar-refractivity contribution in [3.63, 3.8) is 0 Å². The molecule has 0 spiro atoms. The van der Waals surface area contributed by atoms with Crippen LogP contribution in [-0.4, -0.2) is 41.4 Å². The Kier molecular flexibility index (Phi) is 3.54. The zero-order valence-corrected chi connectivity index (χ0v) is 10.3. The maximum absolute atomic E-state index is 11.0. The minimum atomic E-state index is 0.720. The van der Waals surface area contributed by atoms with Crippen molar-refractivity contribution in [2.75, 3.05) is 20.6 Å². The lowest BCUT2D eigenvalue weighted by molar-refractivity contribution is 0.112. The Balaban J connectivity index is 2.25. The van der Waals surface area contributed by atoms with Gasteiger partial charge in [0.25, 0.3) is 0 Å². The largest absolute Gasteiger partial charge is 0.332 e. The predicted octanol–water partition coefficient (Wildman–Crippen LogP) is 1.80. The Bertz CT molecular complexity index is 516. The monoisotopic (exact) mass is 231 g/mol. The van der Waals surface area contributed by atoms with E-state index in [4.69, 9.17) is 0 Å². The standard InChI is InChI=1S/C13H17N3O/c1-15(2)7-4-8-16-9-11(10-17)12-5-3-6-14-13(12)16/h3,5-6,9-10H,4,7-8H2,1-2H3. The number of carbonyl (C=O) groups is 1. The number of nitrogens with zero attached hydrogens (tertiary/aromatic N) is 3. The van der Waals surface area contributed by atoms with E-state index >= 15 is 0 Å². The van der Waals surface area contributed by atoms with Crippen LogP contribution in [0.5, 0.6) is 0 Å². The third-order valence-corrected chi connectivity index (χ3v) is 2.80. The number of aryl methyl sites for hydroxylation is 1. The average Bonchev–Trinajstić information content (AvgIpc) is 2.68. The summed E-state index contributed by atoms with van der Waals surface area (Å²) in [6, 6.07) is 3.80. The van der Waals surface area contributed by atoms with Gasteiger partial charge in [-0.05, 0) is 39.2 Å². The van der Waals surface area contributed by atoms with Crippen LogP contribution in [0.15, 0.2) is 24.5 Å². The van der Waals surface area contributed by atoms with Gasteiger partial charge in [-0.2, -0.15) is 0 Å². The van der Waals surface area contributed by atoms with Crippen molar-refractivity contribution in [3.05, 3.63) is 30.1 Å². The fourth-order valence-corrected chi connectivity index (χ4v) is 1.97. The molecule has 0 aliphatic heterocycles. The second kappa shape index (κ2) is 5.10. The maximum atomic E-state index is 11.0. The highest BCUT2D eigenvalue weighted by Crippen LogP contribution is 2.17. The number of aldehydes is 1. The van der Waals surface area contributed by atoms with Crippen molar-refractivity contribution < 1.29 is 4.79 Å². The topological polar surface area (TPSA) is 38.1 Å². The molecule has 0 N–H and O–H groups in total.